The molecule has 1 atom stereocenters. The number of aromatic nitrogens is 3. The first-order valence-electron chi connectivity index (χ1n) is 9.08. The van der Waals surface area contributed by atoms with Crippen LogP contribution in [0, 0.1) is 0 Å². The Morgan fingerprint density at radius 1 is 1.08 bits per heavy atom. The first-order valence-corrected chi connectivity index (χ1v) is 9.08. The number of fused-ring (bicyclic) bond motifs is 1. The van der Waals surface area contributed by atoms with Gasteiger partial charge in [0, 0.05) is 35.8 Å². The lowest BCUT2D eigenvalue weighted by Crippen LogP contribution is -2.39. The molecule has 2 aliphatic rings. The highest BCUT2D eigenvalue weighted by atomic mass is 16.5. The lowest BCUT2D eigenvalue weighted by Gasteiger charge is -2.34. The lowest BCUT2D eigenvalue weighted by atomic mass is 10.1. The average Bonchev–Trinajstić information content (AvgIpc) is 3.40. The predicted molar refractivity (Wildman–Crippen MR) is 96.9 cm³/mol. The molecule has 0 amide bonds. The molecule has 0 radical (unpaired) electrons. The number of furan rings is 1. The predicted octanol–water partition coefficient (Wildman–Crippen LogP) is 3.20. The van der Waals surface area contributed by atoms with E-state index >= 15 is 0 Å². The minimum absolute atomic E-state index is 0.0601. The van der Waals surface area contributed by atoms with E-state index in [1.807, 2.05) is 24.3 Å². The number of nitrogens with zero attached hydrogens (tertiary/aromatic N) is 4. The van der Waals surface area contributed by atoms with Crippen molar-refractivity contribution in [1.82, 2.24) is 15.0 Å². The number of ether oxygens (including phenoxy) is 1. The fourth-order valence-corrected chi connectivity index (χ4v) is 3.79. The van der Waals surface area contributed by atoms with Crippen LogP contribution in [-0.2, 0) is 17.6 Å². The number of anilines is 1. The van der Waals surface area contributed by atoms with Crippen LogP contribution < -0.4 is 4.90 Å². The summed E-state index contributed by atoms with van der Waals surface area (Å²) in [6, 6.07) is 7.80. The molecule has 0 bridgehead atoms. The summed E-state index contributed by atoms with van der Waals surface area (Å²) >= 11 is 0. The molecular formula is C20H20N4O2. The molecule has 1 unspecified atom stereocenters. The van der Waals surface area contributed by atoms with E-state index in [1.165, 1.54) is 11.3 Å². The number of pyridine rings is 1. The molecule has 0 N–H and O–H groups in total. The Bertz CT molecular complexity index is 896. The molecule has 1 saturated heterocycles. The normalized spacial score (nSPS) is 19.5. The zero-order valence-corrected chi connectivity index (χ0v) is 14.5. The van der Waals surface area contributed by atoms with E-state index in [4.69, 9.17) is 19.1 Å². The van der Waals surface area contributed by atoms with Gasteiger partial charge in [-0.25, -0.2) is 9.97 Å². The molecule has 3 aromatic rings. The molecule has 1 fully saturated rings. The molecular weight excluding hydrogens is 328 g/mol. The van der Waals surface area contributed by atoms with Crippen LogP contribution in [0.4, 0.5) is 5.82 Å². The average molecular weight is 348 g/mol. The molecule has 6 heteroatoms. The summed E-state index contributed by atoms with van der Waals surface area (Å²) < 4.78 is 11.5. The molecule has 6 nitrogen and oxygen atoms in total. The molecule has 0 aromatic carbocycles. The van der Waals surface area contributed by atoms with Crippen LogP contribution in [0.3, 0.4) is 0 Å². The molecule has 1 aliphatic carbocycles. The Balaban J connectivity index is 1.52. The third-order valence-electron chi connectivity index (χ3n) is 5.08. The fraction of sp³-hybridized carbons (Fsp3) is 0.350. The van der Waals surface area contributed by atoms with Crippen molar-refractivity contribution in [2.45, 2.75) is 25.4 Å². The molecule has 26 heavy (non-hydrogen) atoms. The lowest BCUT2D eigenvalue weighted by molar-refractivity contribution is 0.0254. The van der Waals surface area contributed by atoms with Crippen molar-refractivity contribution in [2.24, 2.45) is 0 Å². The number of aryl methyl sites for hydroxylation is 1. The summed E-state index contributed by atoms with van der Waals surface area (Å²) in [5.41, 5.74) is 3.48. The highest BCUT2D eigenvalue weighted by Gasteiger charge is 2.29. The van der Waals surface area contributed by atoms with Crippen LogP contribution in [0.2, 0.25) is 0 Å². The molecule has 5 rings (SSSR count). The second-order valence-corrected chi connectivity index (χ2v) is 6.71. The van der Waals surface area contributed by atoms with E-state index in [0.29, 0.717) is 6.61 Å². The molecule has 132 valence electrons. The third-order valence-corrected chi connectivity index (χ3v) is 5.08. The third kappa shape index (κ3) is 2.76. The summed E-state index contributed by atoms with van der Waals surface area (Å²) in [6.07, 6.45) is 8.42. The summed E-state index contributed by atoms with van der Waals surface area (Å²) in [7, 11) is 0. The van der Waals surface area contributed by atoms with Crippen LogP contribution in [0.5, 0.6) is 0 Å². The first-order chi connectivity index (χ1) is 12.9. The summed E-state index contributed by atoms with van der Waals surface area (Å²) in [5, 5.41) is 0. The van der Waals surface area contributed by atoms with E-state index in [-0.39, 0.29) is 6.10 Å². The van der Waals surface area contributed by atoms with Gasteiger partial charge in [-0.05, 0) is 43.5 Å². The Morgan fingerprint density at radius 3 is 2.85 bits per heavy atom. The maximum Gasteiger partial charge on any atom is 0.161 e. The maximum atomic E-state index is 5.92. The van der Waals surface area contributed by atoms with Gasteiger partial charge in [-0.3, -0.25) is 4.98 Å². The summed E-state index contributed by atoms with van der Waals surface area (Å²) in [4.78, 5) is 16.2. The van der Waals surface area contributed by atoms with Gasteiger partial charge >= 0.3 is 0 Å². The van der Waals surface area contributed by atoms with Gasteiger partial charge in [0.25, 0.3) is 0 Å². The fourth-order valence-electron chi connectivity index (χ4n) is 3.79. The smallest absolute Gasteiger partial charge is 0.161 e. The Hall–Kier alpha value is -2.73. The Kier molecular flexibility index (Phi) is 3.90. The standard InChI is InChI=1S/C20H20N4O2/c1-3-15-16(4-1)22-19(14-6-8-21-9-7-14)23-20(15)24-10-12-26-18(13-24)17-5-2-11-25-17/h2,5-9,11,18H,1,3-4,10,12-13H2. The number of morpholine rings is 1. The van der Waals surface area contributed by atoms with Crippen LogP contribution in [0.1, 0.15) is 29.5 Å². The van der Waals surface area contributed by atoms with Crippen molar-refractivity contribution in [3.8, 4) is 11.4 Å². The number of hydrogen-bond acceptors (Lipinski definition) is 6. The van der Waals surface area contributed by atoms with Crippen molar-refractivity contribution in [2.75, 3.05) is 24.6 Å². The van der Waals surface area contributed by atoms with Gasteiger partial charge in [-0.2, -0.15) is 0 Å². The monoisotopic (exact) mass is 348 g/mol. The topological polar surface area (TPSA) is 64.3 Å². The van der Waals surface area contributed by atoms with Gasteiger partial charge in [0.05, 0.1) is 19.4 Å². The van der Waals surface area contributed by atoms with E-state index in [9.17, 15) is 0 Å². The van der Waals surface area contributed by atoms with Crippen LogP contribution in [0.25, 0.3) is 11.4 Å². The van der Waals surface area contributed by atoms with E-state index in [2.05, 4.69) is 9.88 Å². The van der Waals surface area contributed by atoms with Crippen molar-refractivity contribution in [3.05, 3.63) is 59.9 Å². The quantitative estimate of drug-likeness (QED) is 0.724. The zero-order valence-electron chi connectivity index (χ0n) is 14.5. The van der Waals surface area contributed by atoms with Gasteiger partial charge in [0.15, 0.2) is 5.82 Å². The highest BCUT2D eigenvalue weighted by molar-refractivity contribution is 5.61. The molecule has 4 heterocycles. The highest BCUT2D eigenvalue weighted by Crippen LogP contribution is 2.34. The first kappa shape index (κ1) is 15.5. The van der Waals surface area contributed by atoms with Crippen molar-refractivity contribution < 1.29 is 9.15 Å². The van der Waals surface area contributed by atoms with Gasteiger partial charge < -0.3 is 14.1 Å². The second kappa shape index (κ2) is 6.53. The molecule has 3 aromatic heterocycles. The van der Waals surface area contributed by atoms with Crippen LogP contribution >= 0.6 is 0 Å². The Labute approximate surface area is 151 Å². The van der Waals surface area contributed by atoms with Gasteiger partial charge in [-0.15, -0.1) is 0 Å². The second-order valence-electron chi connectivity index (χ2n) is 6.71. The van der Waals surface area contributed by atoms with Crippen molar-refractivity contribution >= 4 is 5.82 Å². The van der Waals surface area contributed by atoms with Gasteiger partial charge in [-0.1, -0.05) is 0 Å². The summed E-state index contributed by atoms with van der Waals surface area (Å²) in [5.74, 6) is 2.71. The zero-order chi connectivity index (χ0) is 17.3. The van der Waals surface area contributed by atoms with Crippen molar-refractivity contribution in [3.63, 3.8) is 0 Å². The molecule has 1 aliphatic heterocycles. The van der Waals surface area contributed by atoms with Crippen LogP contribution in [-0.4, -0.2) is 34.6 Å². The minimum Gasteiger partial charge on any atom is -0.467 e. The molecule has 0 saturated carbocycles. The SMILES string of the molecule is c1coc(C2CN(c3nc(-c4ccncc4)nc4c3CCC4)CCO2)c1. The van der Waals surface area contributed by atoms with E-state index in [0.717, 1.165) is 55.3 Å². The number of rotatable bonds is 3. The minimum atomic E-state index is -0.0601. The Morgan fingerprint density at radius 2 is 2.00 bits per heavy atom. The van der Waals surface area contributed by atoms with Gasteiger partial charge in [0.1, 0.15) is 17.7 Å². The maximum absolute atomic E-state index is 5.92. The summed E-state index contributed by atoms with van der Waals surface area (Å²) in [6.45, 7) is 2.23. The van der Waals surface area contributed by atoms with E-state index < -0.39 is 0 Å². The largest absolute Gasteiger partial charge is 0.467 e. The van der Waals surface area contributed by atoms with Crippen LogP contribution in [0.15, 0.2) is 47.3 Å². The number of hydrogen-bond donors (Lipinski definition) is 0. The molecule has 0 spiro atoms. The van der Waals surface area contributed by atoms with E-state index in [1.54, 1.807) is 18.7 Å². The van der Waals surface area contributed by atoms with Gasteiger partial charge in [0.2, 0.25) is 0 Å². The van der Waals surface area contributed by atoms with Crippen molar-refractivity contribution in [1.29, 1.82) is 0 Å².